The molecule has 0 heterocycles. The molecule has 0 aromatic heterocycles. The number of ether oxygens (including phenoxy) is 1. The monoisotopic (exact) mass is 449 g/mol. The lowest BCUT2D eigenvalue weighted by molar-refractivity contribution is 0.105. The van der Waals surface area contributed by atoms with Gasteiger partial charge in [-0.3, -0.25) is 4.99 Å². The van der Waals surface area contributed by atoms with Crippen LogP contribution in [0.1, 0.15) is 64.2 Å². The van der Waals surface area contributed by atoms with Crippen molar-refractivity contribution in [2.75, 3.05) is 33.9 Å². The molecule has 3 aliphatic rings. The third kappa shape index (κ3) is 4.77. The molecule has 0 aliphatic heterocycles. The molecule has 0 amide bonds. The molecular formula is C19H36IN3O. The van der Waals surface area contributed by atoms with E-state index < -0.39 is 0 Å². The minimum absolute atomic E-state index is 0. The summed E-state index contributed by atoms with van der Waals surface area (Å²) in [6, 6.07) is 0. The highest BCUT2D eigenvalue weighted by molar-refractivity contribution is 14.0. The maximum Gasteiger partial charge on any atom is 0.191 e. The van der Waals surface area contributed by atoms with Gasteiger partial charge in [-0.25, -0.2) is 0 Å². The van der Waals surface area contributed by atoms with Crippen LogP contribution in [0.4, 0.5) is 0 Å². The van der Waals surface area contributed by atoms with Crippen molar-refractivity contribution in [2.45, 2.75) is 64.2 Å². The van der Waals surface area contributed by atoms with Crippen LogP contribution >= 0.6 is 24.0 Å². The summed E-state index contributed by atoms with van der Waals surface area (Å²) < 4.78 is 5.34. The summed E-state index contributed by atoms with van der Waals surface area (Å²) in [5, 5.41) is 7.26. The van der Waals surface area contributed by atoms with Gasteiger partial charge < -0.3 is 15.4 Å². The molecule has 0 saturated heterocycles. The molecule has 3 rings (SSSR count). The Balaban J connectivity index is 0.00000208. The molecular weight excluding hydrogens is 413 g/mol. The number of nitrogens with one attached hydrogen (secondary N) is 2. The zero-order chi connectivity index (χ0) is 16.2. The third-order valence-electron chi connectivity index (χ3n) is 6.76. The molecule has 2 N–H and O–H groups in total. The highest BCUT2D eigenvalue weighted by atomic mass is 127. The van der Waals surface area contributed by atoms with Crippen LogP contribution in [-0.2, 0) is 4.74 Å². The van der Waals surface area contributed by atoms with E-state index in [1.165, 1.54) is 64.2 Å². The first-order chi connectivity index (χ1) is 11.2. The van der Waals surface area contributed by atoms with Gasteiger partial charge in [-0.05, 0) is 61.7 Å². The molecule has 3 fully saturated rings. The summed E-state index contributed by atoms with van der Waals surface area (Å²) in [5.41, 5.74) is 1.01. The van der Waals surface area contributed by atoms with E-state index in [2.05, 4.69) is 15.6 Å². The van der Waals surface area contributed by atoms with Gasteiger partial charge in [0.2, 0.25) is 0 Å². The Hall–Kier alpha value is -0.0400. The average Bonchev–Trinajstić information content (AvgIpc) is 3.27. The molecule has 140 valence electrons. The van der Waals surface area contributed by atoms with Gasteiger partial charge in [-0.15, -0.1) is 24.0 Å². The first kappa shape index (κ1) is 20.3. The predicted octanol–water partition coefficient (Wildman–Crippen LogP) is 3.95. The maximum atomic E-state index is 5.34. The molecule has 0 bridgehead atoms. The van der Waals surface area contributed by atoms with Crippen LogP contribution in [0.15, 0.2) is 4.99 Å². The Morgan fingerprint density at radius 1 is 1.04 bits per heavy atom. The molecule has 0 atom stereocenters. The second-order valence-corrected chi connectivity index (χ2v) is 8.22. The Morgan fingerprint density at radius 2 is 1.71 bits per heavy atom. The number of nitrogens with zero attached hydrogens (tertiary/aromatic N) is 1. The number of guanidine groups is 1. The van der Waals surface area contributed by atoms with Crippen LogP contribution < -0.4 is 10.6 Å². The van der Waals surface area contributed by atoms with Gasteiger partial charge in [0, 0.05) is 33.9 Å². The number of methoxy groups -OCH3 is 1. The smallest absolute Gasteiger partial charge is 0.191 e. The summed E-state index contributed by atoms with van der Waals surface area (Å²) in [5.74, 6) is 1.99. The Kier molecular flexibility index (Phi) is 7.65. The van der Waals surface area contributed by atoms with Crippen molar-refractivity contribution in [2.24, 2.45) is 21.7 Å². The predicted molar refractivity (Wildman–Crippen MR) is 111 cm³/mol. The molecule has 3 saturated carbocycles. The molecule has 0 spiro atoms. The van der Waals surface area contributed by atoms with E-state index in [9.17, 15) is 0 Å². The quantitative estimate of drug-likeness (QED) is 0.335. The fraction of sp³-hybridized carbons (Fsp3) is 0.947. The molecule has 0 aromatic carbocycles. The zero-order valence-electron chi connectivity index (χ0n) is 15.5. The Labute approximate surface area is 165 Å². The molecule has 0 unspecified atom stereocenters. The standard InChI is InChI=1S/C19H35N3O.HI/c1-20-17(22-15-19(10-5-11-19)16-6-7-16)21-14-18(12-13-23-2)8-3-4-9-18;/h16H,3-15H2,1-2H3,(H2,20,21,22);1H. The van der Waals surface area contributed by atoms with E-state index >= 15 is 0 Å². The van der Waals surface area contributed by atoms with Gasteiger partial charge in [0.25, 0.3) is 0 Å². The number of rotatable bonds is 8. The molecule has 24 heavy (non-hydrogen) atoms. The third-order valence-corrected chi connectivity index (χ3v) is 6.76. The molecule has 0 radical (unpaired) electrons. The van der Waals surface area contributed by atoms with Crippen LogP contribution in [0.5, 0.6) is 0 Å². The van der Waals surface area contributed by atoms with Crippen molar-refractivity contribution in [3.05, 3.63) is 0 Å². The second kappa shape index (κ2) is 9.06. The van der Waals surface area contributed by atoms with Gasteiger partial charge >= 0.3 is 0 Å². The number of halogens is 1. The van der Waals surface area contributed by atoms with Crippen molar-refractivity contribution in [1.82, 2.24) is 10.6 Å². The summed E-state index contributed by atoms with van der Waals surface area (Å²) in [4.78, 5) is 4.46. The van der Waals surface area contributed by atoms with Gasteiger partial charge in [0.1, 0.15) is 0 Å². The van der Waals surface area contributed by atoms with Gasteiger partial charge in [-0.1, -0.05) is 19.3 Å². The summed E-state index contributed by atoms with van der Waals surface area (Å²) in [6.07, 6.45) is 13.7. The normalized spacial score (nSPS) is 24.8. The Bertz CT molecular complexity index is 413. The van der Waals surface area contributed by atoms with Crippen LogP contribution in [-0.4, -0.2) is 39.8 Å². The lowest BCUT2D eigenvalue weighted by Gasteiger charge is -2.43. The summed E-state index contributed by atoms with van der Waals surface area (Å²) >= 11 is 0. The van der Waals surface area contributed by atoms with Gasteiger partial charge in [0.15, 0.2) is 5.96 Å². The van der Waals surface area contributed by atoms with E-state index in [1.807, 2.05) is 14.2 Å². The van der Waals surface area contributed by atoms with Gasteiger partial charge in [-0.2, -0.15) is 0 Å². The van der Waals surface area contributed by atoms with E-state index in [4.69, 9.17) is 4.74 Å². The molecule has 5 heteroatoms. The van der Waals surface area contributed by atoms with Crippen molar-refractivity contribution >= 4 is 29.9 Å². The van der Waals surface area contributed by atoms with E-state index in [-0.39, 0.29) is 24.0 Å². The van der Waals surface area contributed by atoms with Crippen molar-refractivity contribution in [3.8, 4) is 0 Å². The summed E-state index contributed by atoms with van der Waals surface area (Å²) in [6.45, 7) is 3.02. The lowest BCUT2D eigenvalue weighted by atomic mass is 9.65. The van der Waals surface area contributed by atoms with Crippen LogP contribution in [0.25, 0.3) is 0 Å². The van der Waals surface area contributed by atoms with Crippen molar-refractivity contribution in [3.63, 3.8) is 0 Å². The van der Waals surface area contributed by atoms with Crippen LogP contribution in [0.3, 0.4) is 0 Å². The second-order valence-electron chi connectivity index (χ2n) is 8.22. The number of hydrogen-bond acceptors (Lipinski definition) is 2. The molecule has 3 aliphatic carbocycles. The van der Waals surface area contributed by atoms with Gasteiger partial charge in [0.05, 0.1) is 0 Å². The van der Waals surface area contributed by atoms with Crippen molar-refractivity contribution in [1.29, 1.82) is 0 Å². The highest BCUT2D eigenvalue weighted by Crippen LogP contribution is 2.56. The lowest BCUT2D eigenvalue weighted by Crippen LogP contribution is -2.49. The Morgan fingerprint density at radius 3 is 2.21 bits per heavy atom. The minimum atomic E-state index is 0. The average molecular weight is 449 g/mol. The van der Waals surface area contributed by atoms with Crippen LogP contribution in [0.2, 0.25) is 0 Å². The van der Waals surface area contributed by atoms with E-state index in [0.29, 0.717) is 10.8 Å². The fourth-order valence-electron chi connectivity index (χ4n) is 4.77. The molecule has 4 nitrogen and oxygen atoms in total. The first-order valence-electron chi connectivity index (χ1n) is 9.65. The molecule has 0 aromatic rings. The minimum Gasteiger partial charge on any atom is -0.385 e. The number of hydrogen-bond donors (Lipinski definition) is 2. The SMILES string of the molecule is CN=C(NCC1(CCOC)CCCC1)NCC1(C2CC2)CCC1.I. The van der Waals surface area contributed by atoms with E-state index in [1.54, 1.807) is 0 Å². The first-order valence-corrected chi connectivity index (χ1v) is 9.65. The maximum absolute atomic E-state index is 5.34. The van der Waals surface area contributed by atoms with Crippen molar-refractivity contribution < 1.29 is 4.74 Å². The topological polar surface area (TPSA) is 45.7 Å². The van der Waals surface area contributed by atoms with Crippen LogP contribution in [0, 0.1) is 16.7 Å². The number of aliphatic imine (C=N–C) groups is 1. The summed E-state index contributed by atoms with van der Waals surface area (Å²) in [7, 11) is 3.71. The zero-order valence-corrected chi connectivity index (χ0v) is 17.9. The highest BCUT2D eigenvalue weighted by Gasteiger charge is 2.48. The van der Waals surface area contributed by atoms with E-state index in [0.717, 1.165) is 31.6 Å². The largest absolute Gasteiger partial charge is 0.385 e. The fourth-order valence-corrected chi connectivity index (χ4v) is 4.77.